The lowest BCUT2D eigenvalue weighted by Gasteiger charge is -2.25. The third kappa shape index (κ3) is 8.11. The van der Waals surface area contributed by atoms with Crippen molar-refractivity contribution in [1.82, 2.24) is 4.90 Å². The van der Waals surface area contributed by atoms with Gasteiger partial charge in [0.25, 0.3) is 0 Å². The summed E-state index contributed by atoms with van der Waals surface area (Å²) in [7, 11) is 1.68. The largest absolute Gasteiger partial charge is 0.475 e. The van der Waals surface area contributed by atoms with Crippen molar-refractivity contribution < 1.29 is 18.7 Å². The molecule has 1 aromatic carbocycles. The highest BCUT2D eigenvalue weighted by Crippen LogP contribution is 2.28. The average Bonchev–Trinajstić information content (AvgIpc) is 2.98. The average molecular weight is 466 g/mol. The first kappa shape index (κ1) is 26.2. The molecule has 0 radical (unpaired) electrons. The highest BCUT2D eigenvalue weighted by atomic mass is 32.2. The Kier molecular flexibility index (Phi) is 8.02. The normalized spacial score (nSPS) is 16.4. The first-order valence-corrected chi connectivity index (χ1v) is 11.6. The molecule has 1 aromatic rings. The molecule has 1 aliphatic rings. The third-order valence-electron chi connectivity index (χ3n) is 4.31. The standard InChI is InChI=1S/C24H36FN3O3S/c1-22(2,3)31-21(29)28(9)13-12-19(27-32-23(4,5)6)18-14-16(25)10-11-17(18)20-26-24(7,8)15-30-20/h10-11,14H,12-13,15H2,1-9H3/b27-19+. The minimum Gasteiger partial charge on any atom is -0.475 e. The Labute approximate surface area is 195 Å². The number of rotatable bonds is 6. The molecule has 0 atom stereocenters. The van der Waals surface area contributed by atoms with Gasteiger partial charge in [0.2, 0.25) is 5.90 Å². The van der Waals surface area contributed by atoms with Gasteiger partial charge in [0.15, 0.2) is 0 Å². The van der Waals surface area contributed by atoms with Crippen LogP contribution in [0.25, 0.3) is 0 Å². The summed E-state index contributed by atoms with van der Waals surface area (Å²) >= 11 is 1.41. The Morgan fingerprint density at radius 3 is 2.47 bits per heavy atom. The number of ether oxygens (including phenoxy) is 2. The second-order valence-corrected chi connectivity index (χ2v) is 12.2. The van der Waals surface area contributed by atoms with Crippen molar-refractivity contribution in [2.24, 2.45) is 9.39 Å². The van der Waals surface area contributed by atoms with E-state index in [2.05, 4.69) is 25.8 Å². The van der Waals surface area contributed by atoms with Crippen molar-refractivity contribution in [3.63, 3.8) is 0 Å². The maximum atomic E-state index is 14.3. The molecule has 0 fully saturated rings. The van der Waals surface area contributed by atoms with Gasteiger partial charge in [-0.15, -0.1) is 0 Å². The van der Waals surface area contributed by atoms with Gasteiger partial charge in [0, 0.05) is 35.9 Å². The second-order valence-electron chi connectivity index (χ2n) is 10.6. The van der Waals surface area contributed by atoms with E-state index in [0.717, 1.165) is 0 Å². The molecule has 0 saturated carbocycles. The molecule has 32 heavy (non-hydrogen) atoms. The minimum absolute atomic E-state index is 0.126. The highest BCUT2D eigenvalue weighted by Gasteiger charge is 2.29. The van der Waals surface area contributed by atoms with Gasteiger partial charge in [-0.05, 0) is 85.5 Å². The molecule has 8 heteroatoms. The van der Waals surface area contributed by atoms with Crippen LogP contribution in [0, 0.1) is 5.82 Å². The van der Waals surface area contributed by atoms with E-state index in [1.807, 2.05) is 34.6 Å². The molecular formula is C24H36FN3O3S. The Bertz CT molecular complexity index is 899. The zero-order valence-corrected chi connectivity index (χ0v) is 21.5. The van der Waals surface area contributed by atoms with Crippen LogP contribution in [0.15, 0.2) is 27.6 Å². The number of hydrogen-bond acceptors (Lipinski definition) is 6. The Morgan fingerprint density at radius 2 is 1.94 bits per heavy atom. The number of carbonyl (C=O) groups excluding carboxylic acids is 1. The zero-order valence-electron chi connectivity index (χ0n) is 20.7. The quantitative estimate of drug-likeness (QED) is 0.389. The minimum atomic E-state index is -0.579. The van der Waals surface area contributed by atoms with Crippen LogP contribution >= 0.6 is 11.9 Å². The first-order chi connectivity index (χ1) is 14.6. The number of aliphatic imine (C=N–C) groups is 1. The molecule has 0 saturated heterocycles. The first-order valence-electron chi connectivity index (χ1n) is 10.8. The number of benzene rings is 1. The number of halogens is 1. The lowest BCUT2D eigenvalue weighted by atomic mass is 10.00. The van der Waals surface area contributed by atoms with E-state index in [0.29, 0.717) is 42.3 Å². The summed E-state index contributed by atoms with van der Waals surface area (Å²) in [4.78, 5) is 18.6. The molecule has 1 heterocycles. The van der Waals surface area contributed by atoms with Gasteiger partial charge >= 0.3 is 6.09 Å². The van der Waals surface area contributed by atoms with Crippen molar-refractivity contribution in [1.29, 1.82) is 0 Å². The van der Waals surface area contributed by atoms with Crippen LogP contribution < -0.4 is 0 Å². The summed E-state index contributed by atoms with van der Waals surface area (Å²) in [5, 5.41) is 0. The van der Waals surface area contributed by atoms with Gasteiger partial charge < -0.3 is 14.4 Å². The van der Waals surface area contributed by atoms with E-state index in [1.165, 1.54) is 29.0 Å². The number of carbonyl (C=O) groups is 1. The van der Waals surface area contributed by atoms with Crippen LogP contribution in [0.1, 0.15) is 72.9 Å². The summed E-state index contributed by atoms with van der Waals surface area (Å²) in [5.74, 6) is 0.120. The van der Waals surface area contributed by atoms with Crippen molar-refractivity contribution >= 4 is 29.7 Å². The molecule has 0 unspecified atom stereocenters. The summed E-state index contributed by atoms with van der Waals surface area (Å²) in [6.07, 6.45) is 0.0106. The van der Waals surface area contributed by atoms with Crippen LogP contribution in [0.3, 0.4) is 0 Å². The molecule has 0 aliphatic carbocycles. The monoisotopic (exact) mass is 465 g/mol. The SMILES string of the molecule is CN(CC/C(=N\SC(C)(C)C)c1cc(F)ccc1C1=NC(C)(C)CO1)C(=O)OC(C)(C)C. The lowest BCUT2D eigenvalue weighted by molar-refractivity contribution is 0.0303. The van der Waals surface area contributed by atoms with E-state index < -0.39 is 11.7 Å². The fourth-order valence-electron chi connectivity index (χ4n) is 2.79. The van der Waals surface area contributed by atoms with Crippen molar-refractivity contribution in [2.45, 2.75) is 77.7 Å². The number of amides is 1. The molecule has 1 amide bonds. The summed E-state index contributed by atoms with van der Waals surface area (Å²) in [6, 6.07) is 4.54. The van der Waals surface area contributed by atoms with Crippen molar-refractivity contribution in [3.8, 4) is 0 Å². The Balaban J connectivity index is 2.38. The van der Waals surface area contributed by atoms with E-state index in [4.69, 9.17) is 13.9 Å². The molecule has 0 bridgehead atoms. The van der Waals surface area contributed by atoms with Gasteiger partial charge in [-0.2, -0.15) is 0 Å². The lowest BCUT2D eigenvalue weighted by Crippen LogP contribution is -2.35. The van der Waals surface area contributed by atoms with E-state index in [1.54, 1.807) is 13.1 Å². The molecule has 2 rings (SSSR count). The maximum absolute atomic E-state index is 14.3. The maximum Gasteiger partial charge on any atom is 0.410 e. The highest BCUT2D eigenvalue weighted by molar-refractivity contribution is 7.99. The van der Waals surface area contributed by atoms with Crippen LogP contribution in [0.4, 0.5) is 9.18 Å². The Morgan fingerprint density at radius 1 is 1.28 bits per heavy atom. The third-order valence-corrected chi connectivity index (χ3v) is 5.17. The smallest absolute Gasteiger partial charge is 0.410 e. The van der Waals surface area contributed by atoms with Crippen LogP contribution in [0.2, 0.25) is 0 Å². The summed E-state index contributed by atoms with van der Waals surface area (Å²) in [5.41, 5.74) is 1.08. The van der Waals surface area contributed by atoms with Crippen molar-refractivity contribution in [3.05, 3.63) is 35.1 Å². The fraction of sp³-hybridized carbons (Fsp3) is 0.625. The Hall–Kier alpha value is -2.09. The summed E-state index contributed by atoms with van der Waals surface area (Å²) in [6.45, 7) is 16.5. The van der Waals surface area contributed by atoms with E-state index in [9.17, 15) is 9.18 Å². The molecule has 0 N–H and O–H groups in total. The van der Waals surface area contributed by atoms with Gasteiger partial charge in [-0.25, -0.2) is 18.6 Å². The zero-order chi connectivity index (χ0) is 24.3. The number of hydrogen-bond donors (Lipinski definition) is 0. The van der Waals surface area contributed by atoms with Crippen molar-refractivity contribution in [2.75, 3.05) is 20.2 Å². The van der Waals surface area contributed by atoms with Gasteiger partial charge in [-0.1, -0.05) is 0 Å². The van der Waals surface area contributed by atoms with E-state index in [-0.39, 0.29) is 16.1 Å². The second kappa shape index (κ2) is 9.81. The summed E-state index contributed by atoms with van der Waals surface area (Å²) < 4.78 is 30.2. The van der Waals surface area contributed by atoms with Crippen LogP contribution in [-0.2, 0) is 9.47 Å². The van der Waals surface area contributed by atoms with Gasteiger partial charge in [0.1, 0.15) is 18.0 Å². The predicted octanol–water partition coefficient (Wildman–Crippen LogP) is 5.87. The van der Waals surface area contributed by atoms with Gasteiger partial charge in [-0.3, -0.25) is 0 Å². The molecule has 0 spiro atoms. The van der Waals surface area contributed by atoms with Gasteiger partial charge in [0.05, 0.1) is 11.3 Å². The predicted molar refractivity (Wildman–Crippen MR) is 130 cm³/mol. The molecule has 178 valence electrons. The molecular weight excluding hydrogens is 429 g/mol. The molecule has 0 aromatic heterocycles. The topological polar surface area (TPSA) is 63.5 Å². The van der Waals surface area contributed by atoms with Crippen LogP contribution in [0.5, 0.6) is 0 Å². The number of nitrogens with zero attached hydrogens (tertiary/aromatic N) is 3. The fourth-order valence-corrected chi connectivity index (χ4v) is 3.36. The van der Waals surface area contributed by atoms with E-state index >= 15 is 0 Å². The molecule has 1 aliphatic heterocycles. The van der Waals surface area contributed by atoms with Crippen LogP contribution in [-0.4, -0.2) is 58.7 Å². The molecule has 6 nitrogen and oxygen atoms in total.